The summed E-state index contributed by atoms with van der Waals surface area (Å²) in [5.74, 6) is 0. The van der Waals surface area contributed by atoms with E-state index in [-0.39, 0.29) is 12.2 Å². The van der Waals surface area contributed by atoms with E-state index in [2.05, 4.69) is 46.2 Å². The van der Waals surface area contributed by atoms with Crippen LogP contribution in [0.5, 0.6) is 0 Å². The summed E-state index contributed by atoms with van der Waals surface area (Å²) < 4.78 is 24.2. The lowest BCUT2D eigenvalue weighted by atomic mass is 10.2. The molecule has 2 atom stereocenters. The van der Waals surface area contributed by atoms with Gasteiger partial charge in [0.25, 0.3) is 0 Å². The van der Waals surface area contributed by atoms with Crippen LogP contribution in [0.2, 0.25) is 39.3 Å². The van der Waals surface area contributed by atoms with Crippen molar-refractivity contribution < 1.29 is 18.3 Å². The maximum absolute atomic E-state index is 6.45. The summed E-state index contributed by atoms with van der Waals surface area (Å²) in [6.07, 6.45) is 1.20. The first-order valence-electron chi connectivity index (χ1n) is 7.59. The highest BCUT2D eigenvalue weighted by atomic mass is 28.4. The van der Waals surface area contributed by atoms with E-state index < -0.39 is 22.0 Å². The highest BCUT2D eigenvalue weighted by Crippen LogP contribution is 2.29. The lowest BCUT2D eigenvalue weighted by Crippen LogP contribution is -2.58. The first kappa shape index (κ1) is 18.5. The monoisotopic (exact) mass is 336 g/mol. The van der Waals surface area contributed by atoms with Gasteiger partial charge < -0.3 is 18.3 Å². The fourth-order valence-electron chi connectivity index (χ4n) is 2.40. The van der Waals surface area contributed by atoms with Gasteiger partial charge in [-0.05, 0) is 45.7 Å². The van der Waals surface area contributed by atoms with Crippen molar-refractivity contribution in [1.82, 2.24) is 0 Å². The van der Waals surface area contributed by atoms with Crippen molar-refractivity contribution in [2.45, 2.75) is 70.2 Å². The van der Waals surface area contributed by atoms with Crippen molar-refractivity contribution >= 4 is 26.9 Å². The van der Waals surface area contributed by atoms with Gasteiger partial charge in [-0.15, -0.1) is 0 Å². The average molecular weight is 337 g/mol. The van der Waals surface area contributed by atoms with Gasteiger partial charge in [0.1, 0.15) is 17.6 Å². The molecule has 120 valence electrons. The molecule has 1 aliphatic rings. The summed E-state index contributed by atoms with van der Waals surface area (Å²) in [6, 6.07) is 0. The Balaban J connectivity index is 2.80. The predicted octanol–water partition coefficient (Wildman–Crippen LogP) is 1.90. The van der Waals surface area contributed by atoms with E-state index in [0.29, 0.717) is 6.61 Å². The maximum Gasteiger partial charge on any atom is 0.187 e. The largest absolute Gasteiger partial charge is 0.393 e. The molecule has 0 saturated carbocycles. The normalized spacial score (nSPS) is 22.1. The van der Waals surface area contributed by atoms with Crippen molar-refractivity contribution in [2.75, 3.05) is 13.2 Å². The third kappa shape index (κ3) is 6.97. The van der Waals surface area contributed by atoms with Crippen LogP contribution in [-0.2, 0) is 18.3 Å². The molecule has 7 heteroatoms. The van der Waals surface area contributed by atoms with E-state index >= 15 is 0 Å². The number of hydrogen-bond donors (Lipinski definition) is 0. The molecule has 20 heavy (non-hydrogen) atoms. The molecule has 0 bridgehead atoms. The van der Waals surface area contributed by atoms with E-state index in [1.54, 1.807) is 0 Å². The second-order valence-electron chi connectivity index (χ2n) is 7.63. The Morgan fingerprint density at radius 1 is 1.15 bits per heavy atom. The van der Waals surface area contributed by atoms with Crippen LogP contribution >= 0.6 is 0 Å². The van der Waals surface area contributed by atoms with Gasteiger partial charge in [0, 0.05) is 0 Å². The molecular formula is C13H32O4Si3. The Kier molecular flexibility index (Phi) is 6.23. The molecule has 0 aliphatic carbocycles. The molecule has 1 heterocycles. The van der Waals surface area contributed by atoms with E-state index in [4.69, 9.17) is 18.3 Å². The van der Waals surface area contributed by atoms with E-state index in [1.807, 2.05) is 0 Å². The van der Waals surface area contributed by atoms with Crippen LogP contribution in [0.25, 0.3) is 0 Å². The van der Waals surface area contributed by atoms with Gasteiger partial charge in [0.05, 0.1) is 23.5 Å². The zero-order valence-corrected chi connectivity index (χ0v) is 18.4. The van der Waals surface area contributed by atoms with E-state index in [9.17, 15) is 0 Å². The Morgan fingerprint density at radius 3 is 1.90 bits per heavy atom. The summed E-state index contributed by atoms with van der Waals surface area (Å²) in [6.45, 7) is 16.9. The molecule has 0 aromatic heterocycles. The smallest absolute Gasteiger partial charge is 0.187 e. The third-order valence-electron chi connectivity index (χ3n) is 2.86. The quantitative estimate of drug-likeness (QED) is 0.366. The molecule has 0 N–H and O–H groups in total. The van der Waals surface area contributed by atoms with Crippen LogP contribution in [0.4, 0.5) is 0 Å². The summed E-state index contributed by atoms with van der Waals surface area (Å²) in [4.78, 5) is 0. The molecule has 1 rings (SSSR count). The van der Waals surface area contributed by atoms with Gasteiger partial charge in [0.15, 0.2) is 16.6 Å². The summed E-state index contributed by atoms with van der Waals surface area (Å²) >= 11 is 0. The van der Waals surface area contributed by atoms with Crippen molar-refractivity contribution in [3.05, 3.63) is 0 Å². The van der Waals surface area contributed by atoms with Crippen LogP contribution in [-0.4, -0.2) is 57.7 Å². The van der Waals surface area contributed by atoms with Gasteiger partial charge in [-0.2, -0.15) is 0 Å². The number of epoxide rings is 1. The first-order chi connectivity index (χ1) is 8.95. The first-order valence-corrected chi connectivity index (χ1v) is 15.4. The van der Waals surface area contributed by atoms with E-state index in [1.165, 1.54) is 0 Å². The fourth-order valence-corrected chi connectivity index (χ4v) is 9.51. The molecule has 2 unspecified atom stereocenters. The Labute approximate surface area is 129 Å². The molecule has 4 nitrogen and oxygen atoms in total. The average Bonchev–Trinajstić information content (AvgIpc) is 2.95. The number of rotatable bonds is 9. The molecule has 1 aliphatic heterocycles. The van der Waals surface area contributed by atoms with Crippen LogP contribution in [0.3, 0.4) is 0 Å². The minimum atomic E-state index is -1.69. The van der Waals surface area contributed by atoms with Crippen LogP contribution in [0, 0.1) is 0 Å². The van der Waals surface area contributed by atoms with Gasteiger partial charge in [0.2, 0.25) is 0 Å². The fraction of sp³-hybridized carbons (Fsp3) is 1.00. The highest BCUT2D eigenvalue weighted by Gasteiger charge is 2.43. The van der Waals surface area contributed by atoms with Gasteiger partial charge in [-0.25, -0.2) is 0 Å². The summed E-state index contributed by atoms with van der Waals surface area (Å²) in [5, 5.41) is 0. The molecule has 1 fully saturated rings. The molecule has 0 aromatic carbocycles. The van der Waals surface area contributed by atoms with Gasteiger partial charge in [-0.1, -0.05) is 6.92 Å². The molecular weight excluding hydrogens is 304 g/mol. The highest BCUT2D eigenvalue weighted by molar-refractivity contribution is 6.71. The van der Waals surface area contributed by atoms with Crippen molar-refractivity contribution in [2.24, 2.45) is 0 Å². The minimum absolute atomic E-state index is 0.0109. The molecule has 1 saturated heterocycles. The van der Waals surface area contributed by atoms with Crippen LogP contribution in [0.1, 0.15) is 13.3 Å². The Morgan fingerprint density at radius 2 is 1.60 bits per heavy atom. The van der Waals surface area contributed by atoms with Gasteiger partial charge in [-0.3, -0.25) is 0 Å². The van der Waals surface area contributed by atoms with Crippen LogP contribution in [0.15, 0.2) is 0 Å². The lowest BCUT2D eigenvalue weighted by Gasteiger charge is -2.45. The number of hydrogen-bond acceptors (Lipinski definition) is 4. The Bertz CT molecular complexity index is 292. The SMILES string of the molecule is CCC(OCC1CO1)C([SiH3])(O[Si](C)(C)C)O[Si](C)(C)C. The molecule has 0 aromatic rings. The van der Waals surface area contributed by atoms with Crippen molar-refractivity contribution in [3.63, 3.8) is 0 Å². The minimum Gasteiger partial charge on any atom is -0.393 e. The third-order valence-corrected chi connectivity index (χ3v) is 6.76. The van der Waals surface area contributed by atoms with E-state index in [0.717, 1.165) is 23.3 Å². The second kappa shape index (κ2) is 6.72. The zero-order valence-electron chi connectivity index (χ0n) is 14.4. The van der Waals surface area contributed by atoms with Crippen molar-refractivity contribution in [3.8, 4) is 0 Å². The second-order valence-corrected chi connectivity index (χ2v) is 17.9. The molecule has 0 radical (unpaired) electrons. The predicted molar refractivity (Wildman–Crippen MR) is 91.3 cm³/mol. The summed E-state index contributed by atoms with van der Waals surface area (Å²) in [5.41, 5.74) is -0.515. The standard InChI is InChI=1S/C13H32O4Si3/c1-8-12(15-10-11-9-14-11)13(18,16-19(2,3)4)17-20(5,6)7/h11-12H,8-10H2,1-7,18H3. The lowest BCUT2D eigenvalue weighted by molar-refractivity contribution is -0.159. The van der Waals surface area contributed by atoms with Crippen molar-refractivity contribution in [1.29, 1.82) is 0 Å². The summed E-state index contributed by atoms with van der Waals surface area (Å²) in [7, 11) is -2.57. The Hall–Kier alpha value is 0.491. The van der Waals surface area contributed by atoms with Crippen LogP contribution < -0.4 is 0 Å². The molecule has 0 amide bonds. The van der Waals surface area contributed by atoms with Gasteiger partial charge >= 0.3 is 0 Å². The topological polar surface area (TPSA) is 40.2 Å². The zero-order chi connectivity index (χ0) is 15.6. The maximum atomic E-state index is 6.45. The number of ether oxygens (including phenoxy) is 2. The molecule has 0 spiro atoms.